The molecule has 1 fully saturated rings. The first-order valence-electron chi connectivity index (χ1n) is 5.88. The normalized spacial score (nSPS) is 26.4. The predicted octanol–water partition coefficient (Wildman–Crippen LogP) is -1.95. The fourth-order valence-corrected chi connectivity index (χ4v) is 2.73. The number of ether oxygens (including phenoxy) is 1. The number of fused-ring (bicyclic) bond motifs is 1. The molecule has 2 unspecified atom stereocenters. The molecule has 0 saturated carbocycles. The molecule has 1 aliphatic heterocycles. The first-order chi connectivity index (χ1) is 9.99. The minimum atomic E-state index is -2.95. The van der Waals surface area contributed by atoms with Crippen LogP contribution in [0.15, 0.2) is 11.1 Å². The Morgan fingerprint density at radius 3 is 3.10 bits per heavy atom. The fourth-order valence-electron chi connectivity index (χ4n) is 2.27. The number of nitrogen functional groups attached to an aromatic ring is 1. The molecule has 0 radical (unpaired) electrons. The molecule has 0 amide bonds. The average Bonchev–Trinajstić information content (AvgIpc) is 3.00. The van der Waals surface area contributed by atoms with E-state index in [1.165, 1.54) is 10.9 Å². The van der Waals surface area contributed by atoms with Gasteiger partial charge in [0.2, 0.25) is 6.23 Å². The molecule has 0 bridgehead atoms. The molecular formula is C9H12N5O6P+2. The number of rotatable bonds is 3. The standard InChI is InChI=1S/C9H10N5O6P/c10-9-13-7(16)4-6(12-2-11-4)14(9)8-5(20-21(17)18)3(15)1-19-8/h2-3,5,8,15H,1H2,(H3-,10,11,12,13,16,17,18)/p+2/t3-,5?,8-/m1/s1. The minimum absolute atomic E-state index is 0.0829. The zero-order valence-corrected chi connectivity index (χ0v) is 11.4. The van der Waals surface area contributed by atoms with Gasteiger partial charge in [-0.05, 0) is 0 Å². The predicted molar refractivity (Wildman–Crippen MR) is 67.0 cm³/mol. The maximum atomic E-state index is 11.7. The Morgan fingerprint density at radius 1 is 1.62 bits per heavy atom. The highest BCUT2D eigenvalue weighted by Gasteiger charge is 2.47. The van der Waals surface area contributed by atoms with Gasteiger partial charge in [-0.25, -0.2) is 4.98 Å². The summed E-state index contributed by atoms with van der Waals surface area (Å²) in [5.41, 5.74) is 5.63. The molecule has 4 atom stereocenters. The van der Waals surface area contributed by atoms with Gasteiger partial charge in [-0.2, -0.15) is 4.57 Å². The van der Waals surface area contributed by atoms with Crippen LogP contribution in [-0.2, 0) is 13.8 Å². The summed E-state index contributed by atoms with van der Waals surface area (Å²) in [6.07, 6.45) is -1.96. The van der Waals surface area contributed by atoms with Crippen LogP contribution in [-0.4, -0.2) is 43.8 Å². The third kappa shape index (κ3) is 2.30. The number of anilines is 1. The van der Waals surface area contributed by atoms with Crippen molar-refractivity contribution in [2.45, 2.75) is 18.4 Å². The first kappa shape index (κ1) is 14.0. The van der Waals surface area contributed by atoms with E-state index in [0.29, 0.717) is 0 Å². The molecule has 0 aliphatic carbocycles. The van der Waals surface area contributed by atoms with E-state index >= 15 is 0 Å². The number of aliphatic hydroxyl groups excluding tert-OH is 1. The summed E-state index contributed by atoms with van der Waals surface area (Å²) in [5.74, 6) is -0.0829. The average molecular weight is 317 g/mol. The summed E-state index contributed by atoms with van der Waals surface area (Å²) >= 11 is 0. The molecule has 0 aromatic carbocycles. The maximum Gasteiger partial charge on any atom is 0.695 e. The van der Waals surface area contributed by atoms with Crippen molar-refractivity contribution < 1.29 is 28.4 Å². The maximum absolute atomic E-state index is 11.7. The largest absolute Gasteiger partial charge is 0.695 e. The summed E-state index contributed by atoms with van der Waals surface area (Å²) in [6, 6.07) is 0. The highest BCUT2D eigenvalue weighted by molar-refractivity contribution is 7.32. The van der Waals surface area contributed by atoms with E-state index in [-0.39, 0.29) is 23.7 Å². The zero-order valence-electron chi connectivity index (χ0n) is 10.5. The van der Waals surface area contributed by atoms with E-state index in [0.717, 1.165) is 0 Å². The van der Waals surface area contributed by atoms with Crippen LogP contribution in [0, 0.1) is 0 Å². The van der Waals surface area contributed by atoms with Crippen LogP contribution in [0.2, 0.25) is 0 Å². The van der Waals surface area contributed by atoms with Gasteiger partial charge in [0.15, 0.2) is 17.9 Å². The van der Waals surface area contributed by atoms with Gasteiger partial charge in [-0.15, -0.1) is 14.4 Å². The molecule has 2 aromatic heterocycles. The van der Waals surface area contributed by atoms with Crippen LogP contribution in [0.3, 0.4) is 0 Å². The lowest BCUT2D eigenvalue weighted by atomic mass is 10.2. The van der Waals surface area contributed by atoms with Crippen molar-refractivity contribution in [3.8, 4) is 0 Å². The van der Waals surface area contributed by atoms with Crippen molar-refractivity contribution in [3.05, 3.63) is 16.7 Å². The summed E-state index contributed by atoms with van der Waals surface area (Å²) in [5, 5.41) is 9.79. The van der Waals surface area contributed by atoms with Gasteiger partial charge >= 0.3 is 19.8 Å². The summed E-state index contributed by atoms with van der Waals surface area (Å²) in [6.45, 7) is -0.115. The lowest BCUT2D eigenvalue weighted by Crippen LogP contribution is -2.51. The summed E-state index contributed by atoms with van der Waals surface area (Å²) in [7, 11) is -2.95. The number of aromatic amines is 2. The SMILES string of the molecule is Nc1[nH]c(=O)c2[nH]cnc2[n+]1[C@@H]1OC[C@@H](O)C1O[P+](=O)O. The van der Waals surface area contributed by atoms with E-state index in [1.807, 2.05) is 0 Å². The second-order valence-corrected chi connectivity index (χ2v) is 5.10. The molecule has 3 heterocycles. The van der Waals surface area contributed by atoms with Gasteiger partial charge in [0.25, 0.3) is 5.65 Å². The molecule has 3 rings (SSSR count). The highest BCUT2D eigenvalue weighted by Crippen LogP contribution is 2.31. The Balaban J connectivity index is 2.13. The Kier molecular flexibility index (Phi) is 3.43. The van der Waals surface area contributed by atoms with E-state index in [2.05, 4.69) is 15.0 Å². The monoisotopic (exact) mass is 317 g/mol. The van der Waals surface area contributed by atoms with Gasteiger partial charge in [0.05, 0.1) is 6.61 Å². The number of hydrogen-bond donors (Lipinski definition) is 5. The highest BCUT2D eigenvalue weighted by atomic mass is 31.1. The van der Waals surface area contributed by atoms with Crippen molar-refractivity contribution in [1.82, 2.24) is 15.0 Å². The summed E-state index contributed by atoms with van der Waals surface area (Å²) in [4.78, 5) is 29.6. The Hall–Kier alpha value is -1.91. The third-order valence-corrected chi connectivity index (χ3v) is 3.56. The summed E-state index contributed by atoms with van der Waals surface area (Å²) < 4.78 is 22.3. The molecular weight excluding hydrogens is 305 g/mol. The van der Waals surface area contributed by atoms with Crippen LogP contribution in [0.4, 0.5) is 5.95 Å². The lowest BCUT2D eigenvalue weighted by Gasteiger charge is -2.15. The first-order valence-corrected chi connectivity index (χ1v) is 7.01. The molecule has 1 saturated heterocycles. The Bertz CT molecular complexity index is 759. The van der Waals surface area contributed by atoms with E-state index in [4.69, 9.17) is 19.9 Å². The third-order valence-electron chi connectivity index (χ3n) is 3.14. The van der Waals surface area contributed by atoms with Crippen molar-refractivity contribution in [2.24, 2.45) is 0 Å². The molecule has 112 valence electrons. The van der Waals surface area contributed by atoms with E-state index < -0.39 is 32.2 Å². The van der Waals surface area contributed by atoms with Gasteiger partial charge in [-0.3, -0.25) is 4.79 Å². The fraction of sp³-hybridized carbons (Fsp3) is 0.444. The zero-order chi connectivity index (χ0) is 15.1. The van der Waals surface area contributed by atoms with E-state index in [1.54, 1.807) is 0 Å². The lowest BCUT2D eigenvalue weighted by molar-refractivity contribution is -0.732. The van der Waals surface area contributed by atoms with Gasteiger partial charge in [0, 0.05) is 4.57 Å². The number of nitrogens with two attached hydrogens (primary N) is 1. The molecule has 12 heteroatoms. The quantitative estimate of drug-likeness (QED) is 0.321. The van der Waals surface area contributed by atoms with Crippen molar-refractivity contribution in [2.75, 3.05) is 12.3 Å². The number of hydrogen-bond acceptors (Lipinski definition) is 7. The second kappa shape index (κ2) is 5.13. The van der Waals surface area contributed by atoms with Gasteiger partial charge in [0.1, 0.15) is 6.10 Å². The Labute approximate surface area is 117 Å². The molecule has 1 aliphatic rings. The number of aliphatic hydroxyl groups is 1. The number of nitrogens with zero attached hydrogens (tertiary/aromatic N) is 2. The van der Waals surface area contributed by atoms with Crippen LogP contribution in [0.1, 0.15) is 6.23 Å². The van der Waals surface area contributed by atoms with Gasteiger partial charge in [-0.1, -0.05) is 0 Å². The van der Waals surface area contributed by atoms with Crippen LogP contribution in [0.5, 0.6) is 0 Å². The minimum Gasteiger partial charge on any atom is -0.388 e. The van der Waals surface area contributed by atoms with E-state index in [9.17, 15) is 14.5 Å². The molecule has 21 heavy (non-hydrogen) atoms. The smallest absolute Gasteiger partial charge is 0.388 e. The molecule has 11 nitrogen and oxygen atoms in total. The topological polar surface area (TPSA) is 167 Å². The van der Waals surface area contributed by atoms with Crippen molar-refractivity contribution >= 4 is 25.4 Å². The second-order valence-electron chi connectivity index (χ2n) is 4.41. The van der Waals surface area contributed by atoms with Crippen molar-refractivity contribution in [3.63, 3.8) is 0 Å². The van der Waals surface area contributed by atoms with Crippen LogP contribution >= 0.6 is 8.25 Å². The van der Waals surface area contributed by atoms with Gasteiger partial charge < -0.3 is 20.6 Å². The van der Waals surface area contributed by atoms with Crippen molar-refractivity contribution in [1.29, 1.82) is 0 Å². The Morgan fingerprint density at radius 2 is 2.38 bits per heavy atom. The number of imidazole rings is 1. The van der Waals surface area contributed by atoms with Crippen LogP contribution in [0.25, 0.3) is 11.2 Å². The number of H-pyrrole nitrogens is 2. The molecule has 0 spiro atoms. The number of nitrogens with one attached hydrogen (secondary N) is 2. The number of aromatic nitrogens is 4. The molecule has 2 aromatic rings. The molecule has 6 N–H and O–H groups in total. The van der Waals surface area contributed by atoms with Crippen LogP contribution < -0.4 is 15.9 Å².